The molecular weight excluding hydrogens is 358 g/mol. The fourth-order valence-electron chi connectivity index (χ4n) is 2.47. The van der Waals surface area contributed by atoms with Gasteiger partial charge in [0.1, 0.15) is 0 Å². The summed E-state index contributed by atoms with van der Waals surface area (Å²) in [6.07, 6.45) is 1.78. The molecule has 1 unspecified atom stereocenters. The molecule has 21 heavy (non-hydrogen) atoms. The molecule has 1 heterocycles. The van der Waals surface area contributed by atoms with Crippen LogP contribution in [0.15, 0.2) is 22.7 Å². The van der Waals surface area contributed by atoms with E-state index in [9.17, 15) is 9.59 Å². The molecule has 1 aromatic carbocycles. The van der Waals surface area contributed by atoms with Crippen LogP contribution >= 0.6 is 28.3 Å². The van der Waals surface area contributed by atoms with Gasteiger partial charge in [0, 0.05) is 36.2 Å². The van der Waals surface area contributed by atoms with Gasteiger partial charge in [-0.25, -0.2) is 0 Å². The van der Waals surface area contributed by atoms with E-state index >= 15 is 0 Å². The van der Waals surface area contributed by atoms with Gasteiger partial charge in [-0.1, -0.05) is 15.9 Å². The number of anilines is 1. The van der Waals surface area contributed by atoms with Crippen LogP contribution in [0, 0.1) is 0 Å². The molecule has 2 amide bonds. The van der Waals surface area contributed by atoms with Crippen LogP contribution < -0.4 is 11.1 Å². The van der Waals surface area contributed by atoms with Crippen molar-refractivity contribution in [1.82, 2.24) is 10.2 Å². The van der Waals surface area contributed by atoms with E-state index in [2.05, 4.69) is 21.2 Å². The molecule has 0 bridgehead atoms. The van der Waals surface area contributed by atoms with Crippen molar-refractivity contribution in [3.8, 4) is 0 Å². The van der Waals surface area contributed by atoms with Gasteiger partial charge in [0.15, 0.2) is 0 Å². The number of carbonyl (C=O) groups is 2. The normalized spacial score (nSPS) is 17.8. The van der Waals surface area contributed by atoms with Gasteiger partial charge in [-0.2, -0.15) is 0 Å². The molecule has 0 radical (unpaired) electrons. The number of hydrogen-bond donors (Lipinski definition) is 2. The van der Waals surface area contributed by atoms with Crippen LogP contribution in [-0.4, -0.2) is 35.8 Å². The van der Waals surface area contributed by atoms with Crippen molar-refractivity contribution >= 4 is 45.8 Å². The van der Waals surface area contributed by atoms with E-state index in [-0.39, 0.29) is 30.3 Å². The molecule has 0 saturated carbocycles. The lowest BCUT2D eigenvalue weighted by Crippen LogP contribution is -2.49. The van der Waals surface area contributed by atoms with Crippen LogP contribution in [-0.2, 0) is 4.79 Å². The van der Waals surface area contributed by atoms with E-state index < -0.39 is 0 Å². The van der Waals surface area contributed by atoms with Crippen LogP contribution in [0.25, 0.3) is 0 Å². The van der Waals surface area contributed by atoms with Gasteiger partial charge < -0.3 is 16.0 Å². The number of amides is 2. The zero-order chi connectivity index (χ0) is 14.7. The van der Waals surface area contributed by atoms with E-state index in [1.165, 1.54) is 6.92 Å². The Balaban J connectivity index is 0.00000220. The number of benzene rings is 1. The van der Waals surface area contributed by atoms with Gasteiger partial charge in [-0.15, -0.1) is 12.4 Å². The Morgan fingerprint density at radius 2 is 2.14 bits per heavy atom. The first-order valence-electron chi connectivity index (χ1n) is 6.59. The highest BCUT2D eigenvalue weighted by molar-refractivity contribution is 9.10. The number of likely N-dealkylation sites (tertiary alicyclic amines) is 1. The summed E-state index contributed by atoms with van der Waals surface area (Å²) < 4.78 is 0.848. The molecule has 2 rings (SSSR count). The number of nitrogens with one attached hydrogen (secondary N) is 1. The van der Waals surface area contributed by atoms with Crippen LogP contribution in [0.3, 0.4) is 0 Å². The first kappa shape index (κ1) is 17.8. The molecule has 7 heteroatoms. The van der Waals surface area contributed by atoms with Crippen LogP contribution in [0.2, 0.25) is 0 Å². The highest BCUT2D eigenvalue weighted by Crippen LogP contribution is 2.21. The first-order chi connectivity index (χ1) is 9.47. The maximum atomic E-state index is 12.5. The molecule has 1 atom stereocenters. The molecule has 1 saturated heterocycles. The van der Waals surface area contributed by atoms with E-state index in [1.54, 1.807) is 23.1 Å². The molecule has 3 N–H and O–H groups in total. The Kier molecular flexibility index (Phi) is 6.48. The third kappa shape index (κ3) is 4.61. The summed E-state index contributed by atoms with van der Waals surface area (Å²) in [4.78, 5) is 25.3. The van der Waals surface area contributed by atoms with Crippen molar-refractivity contribution in [3.63, 3.8) is 0 Å². The first-order valence-corrected chi connectivity index (χ1v) is 7.38. The minimum absolute atomic E-state index is 0. The molecule has 1 aromatic rings. The summed E-state index contributed by atoms with van der Waals surface area (Å²) >= 11 is 3.33. The van der Waals surface area contributed by atoms with Crippen molar-refractivity contribution in [1.29, 1.82) is 0 Å². The maximum Gasteiger partial charge on any atom is 0.256 e. The largest absolute Gasteiger partial charge is 0.398 e. The number of hydrogen-bond acceptors (Lipinski definition) is 3. The number of piperidine rings is 1. The minimum atomic E-state index is -0.0787. The van der Waals surface area contributed by atoms with Gasteiger partial charge in [-0.05, 0) is 31.0 Å². The van der Waals surface area contributed by atoms with Crippen LogP contribution in [0.1, 0.15) is 30.1 Å². The van der Waals surface area contributed by atoms with Crippen molar-refractivity contribution in [3.05, 3.63) is 28.2 Å². The lowest BCUT2D eigenvalue weighted by molar-refractivity contribution is -0.120. The highest BCUT2D eigenvalue weighted by atomic mass is 79.9. The smallest absolute Gasteiger partial charge is 0.256 e. The number of carbonyl (C=O) groups excluding carboxylic acids is 2. The third-order valence-electron chi connectivity index (χ3n) is 3.36. The van der Waals surface area contributed by atoms with E-state index in [4.69, 9.17) is 5.73 Å². The van der Waals surface area contributed by atoms with Gasteiger partial charge in [-0.3, -0.25) is 9.59 Å². The maximum absolute atomic E-state index is 12.5. The standard InChI is InChI=1S/C14H18BrN3O2.ClH/c1-9(19)17-11-3-2-6-18(8-11)14(20)12-5-4-10(15)7-13(12)16;/h4-5,7,11H,2-3,6,8,16H2,1H3,(H,17,19);1H. The fraction of sp³-hybridized carbons (Fsp3) is 0.429. The molecule has 0 aromatic heterocycles. The van der Waals surface area contributed by atoms with Crippen LogP contribution in [0.4, 0.5) is 5.69 Å². The second-order valence-corrected chi connectivity index (χ2v) is 5.94. The second kappa shape index (κ2) is 7.66. The minimum Gasteiger partial charge on any atom is -0.398 e. The zero-order valence-electron chi connectivity index (χ0n) is 11.8. The third-order valence-corrected chi connectivity index (χ3v) is 3.85. The number of nitrogens with zero attached hydrogens (tertiary/aromatic N) is 1. The van der Waals surface area contributed by atoms with Crippen molar-refractivity contribution in [2.24, 2.45) is 0 Å². The fourth-order valence-corrected chi connectivity index (χ4v) is 2.84. The Bertz CT molecular complexity index is 539. The molecule has 116 valence electrons. The summed E-state index contributed by atoms with van der Waals surface area (Å²) in [5.41, 5.74) is 6.87. The quantitative estimate of drug-likeness (QED) is 0.777. The Morgan fingerprint density at radius 3 is 2.76 bits per heavy atom. The Morgan fingerprint density at radius 1 is 1.43 bits per heavy atom. The van der Waals surface area contributed by atoms with E-state index in [0.717, 1.165) is 17.3 Å². The van der Waals surface area contributed by atoms with Crippen molar-refractivity contribution in [2.75, 3.05) is 18.8 Å². The van der Waals surface area contributed by atoms with Gasteiger partial charge in [0.05, 0.1) is 5.56 Å². The summed E-state index contributed by atoms with van der Waals surface area (Å²) in [7, 11) is 0. The Hall–Kier alpha value is -1.27. The number of halogens is 2. The zero-order valence-corrected chi connectivity index (χ0v) is 14.2. The van der Waals surface area contributed by atoms with E-state index in [0.29, 0.717) is 24.3 Å². The predicted octanol–water partition coefficient (Wildman–Crippen LogP) is 2.19. The van der Waals surface area contributed by atoms with Crippen LogP contribution in [0.5, 0.6) is 0 Å². The molecule has 1 fully saturated rings. The predicted molar refractivity (Wildman–Crippen MR) is 88.5 cm³/mol. The lowest BCUT2D eigenvalue weighted by atomic mass is 10.0. The average molecular weight is 377 g/mol. The molecular formula is C14H19BrClN3O2. The van der Waals surface area contributed by atoms with Crippen molar-refractivity contribution < 1.29 is 9.59 Å². The molecule has 1 aliphatic rings. The highest BCUT2D eigenvalue weighted by Gasteiger charge is 2.25. The lowest BCUT2D eigenvalue weighted by Gasteiger charge is -2.33. The molecule has 0 aliphatic carbocycles. The number of nitrogen functional groups attached to an aromatic ring is 1. The Labute approximate surface area is 138 Å². The molecule has 5 nitrogen and oxygen atoms in total. The van der Waals surface area contributed by atoms with Crippen molar-refractivity contribution in [2.45, 2.75) is 25.8 Å². The molecule has 0 spiro atoms. The van der Waals surface area contributed by atoms with Gasteiger partial charge in [0.25, 0.3) is 5.91 Å². The second-order valence-electron chi connectivity index (χ2n) is 5.02. The summed E-state index contributed by atoms with van der Waals surface area (Å²) in [5, 5.41) is 2.87. The summed E-state index contributed by atoms with van der Waals surface area (Å²) in [5.74, 6) is -0.141. The monoisotopic (exact) mass is 375 g/mol. The SMILES string of the molecule is CC(=O)NC1CCCN(C(=O)c2ccc(Br)cc2N)C1.Cl. The number of rotatable bonds is 2. The molecule has 1 aliphatic heterocycles. The van der Waals surface area contributed by atoms with Gasteiger partial charge in [0.2, 0.25) is 5.91 Å². The number of nitrogens with two attached hydrogens (primary N) is 1. The topological polar surface area (TPSA) is 75.4 Å². The van der Waals surface area contributed by atoms with Gasteiger partial charge >= 0.3 is 0 Å². The summed E-state index contributed by atoms with van der Waals surface area (Å²) in [6, 6.07) is 5.28. The van der Waals surface area contributed by atoms with E-state index in [1.807, 2.05) is 0 Å². The summed E-state index contributed by atoms with van der Waals surface area (Å²) in [6.45, 7) is 2.73. The average Bonchev–Trinajstić information content (AvgIpc) is 2.37.